The summed E-state index contributed by atoms with van der Waals surface area (Å²) in [5.74, 6) is 0.358. The minimum atomic E-state index is 0.00183. The van der Waals surface area contributed by atoms with E-state index in [-0.39, 0.29) is 17.9 Å². The number of aromatic amines is 1. The van der Waals surface area contributed by atoms with Crippen molar-refractivity contribution in [3.63, 3.8) is 0 Å². The van der Waals surface area contributed by atoms with Crippen LogP contribution >= 0.6 is 11.6 Å². The van der Waals surface area contributed by atoms with Gasteiger partial charge in [-0.25, -0.2) is 4.98 Å². The summed E-state index contributed by atoms with van der Waals surface area (Å²) in [6.45, 7) is 6.07. The summed E-state index contributed by atoms with van der Waals surface area (Å²) in [4.78, 5) is 29.6. The number of fused-ring (bicyclic) bond motifs is 1. The fourth-order valence-corrected chi connectivity index (χ4v) is 5.62. The van der Waals surface area contributed by atoms with Crippen LogP contribution in [0.25, 0.3) is 22.4 Å². The van der Waals surface area contributed by atoms with E-state index in [0.717, 1.165) is 63.1 Å². The molecular weight excluding hydrogens is 494 g/mol. The van der Waals surface area contributed by atoms with Crippen molar-refractivity contribution in [2.75, 3.05) is 57.5 Å². The van der Waals surface area contributed by atoms with E-state index in [2.05, 4.69) is 27.0 Å². The van der Waals surface area contributed by atoms with E-state index in [9.17, 15) is 4.79 Å². The van der Waals surface area contributed by atoms with Crippen molar-refractivity contribution >= 4 is 34.4 Å². The lowest BCUT2D eigenvalue weighted by Crippen LogP contribution is -2.45. The molecule has 1 aromatic carbocycles. The van der Waals surface area contributed by atoms with Gasteiger partial charge in [-0.15, -0.1) is 0 Å². The molecule has 37 heavy (non-hydrogen) atoms. The van der Waals surface area contributed by atoms with E-state index in [1.807, 2.05) is 23.1 Å². The average Bonchev–Trinajstić information content (AvgIpc) is 3.34. The number of amides is 1. The minimum Gasteiger partial charge on any atom is -0.461 e. The number of hydrogen-bond donors (Lipinski definition) is 1. The quantitative estimate of drug-likeness (QED) is 0.540. The van der Waals surface area contributed by atoms with Crippen LogP contribution in [0.5, 0.6) is 6.01 Å². The highest BCUT2D eigenvalue weighted by Gasteiger charge is 2.30. The van der Waals surface area contributed by atoms with Crippen molar-refractivity contribution in [3.8, 4) is 17.3 Å². The Bertz CT molecular complexity index is 1230. The van der Waals surface area contributed by atoms with Crippen molar-refractivity contribution < 1.29 is 19.0 Å². The summed E-state index contributed by atoms with van der Waals surface area (Å²) in [5, 5.41) is 0.557. The Kier molecular flexibility index (Phi) is 7.17. The molecule has 0 saturated carbocycles. The number of nitrogens with one attached hydrogen (secondary N) is 1. The summed E-state index contributed by atoms with van der Waals surface area (Å²) in [6, 6.07) is 10.6. The lowest BCUT2D eigenvalue weighted by Gasteiger charge is -2.34. The first kappa shape index (κ1) is 24.5. The fraction of sp³-hybridized carbons (Fsp3) is 0.519. The topological polar surface area (TPSA) is 92.8 Å². The zero-order chi connectivity index (χ0) is 25.2. The van der Waals surface area contributed by atoms with Gasteiger partial charge in [0.1, 0.15) is 6.10 Å². The van der Waals surface area contributed by atoms with Gasteiger partial charge in [0.25, 0.3) is 6.01 Å². The maximum absolute atomic E-state index is 12.8. The number of imidazole rings is 1. The van der Waals surface area contributed by atoms with Crippen molar-refractivity contribution in [1.82, 2.24) is 19.9 Å². The zero-order valence-electron chi connectivity index (χ0n) is 20.8. The summed E-state index contributed by atoms with van der Waals surface area (Å²) in [5.41, 5.74) is 4.11. The number of morpholine rings is 1. The lowest BCUT2D eigenvalue weighted by molar-refractivity contribution is -0.140. The van der Waals surface area contributed by atoms with E-state index in [4.69, 9.17) is 30.8 Å². The van der Waals surface area contributed by atoms with Crippen LogP contribution in [0.3, 0.4) is 0 Å². The van der Waals surface area contributed by atoms with E-state index in [0.29, 0.717) is 48.7 Å². The van der Waals surface area contributed by atoms with Crippen molar-refractivity contribution in [2.24, 2.45) is 5.92 Å². The van der Waals surface area contributed by atoms with Crippen LogP contribution in [-0.2, 0) is 14.3 Å². The SMILES string of the molecule is O=C(C1CCOCC1)N1CCC(Oc2nc3nc(-c4ccc(N5CCOCC5)cc4)c(Cl)cc3[nH]2)CC1. The lowest BCUT2D eigenvalue weighted by atomic mass is 9.97. The second-order valence-corrected chi connectivity index (χ2v) is 10.3. The number of rotatable bonds is 5. The van der Waals surface area contributed by atoms with Crippen LogP contribution in [0.1, 0.15) is 25.7 Å². The van der Waals surface area contributed by atoms with Crippen LogP contribution in [0.2, 0.25) is 5.02 Å². The highest BCUT2D eigenvalue weighted by molar-refractivity contribution is 6.33. The average molecular weight is 526 g/mol. The molecule has 3 aliphatic rings. The van der Waals surface area contributed by atoms with E-state index >= 15 is 0 Å². The largest absolute Gasteiger partial charge is 0.461 e. The molecule has 5 heterocycles. The summed E-state index contributed by atoms with van der Waals surface area (Å²) >= 11 is 6.61. The van der Waals surface area contributed by atoms with Crippen LogP contribution in [-0.4, -0.2) is 84.5 Å². The number of carbonyl (C=O) groups excluding carboxylic acids is 1. The molecule has 0 spiro atoms. The zero-order valence-corrected chi connectivity index (χ0v) is 21.6. The molecule has 0 atom stereocenters. The molecule has 2 aromatic heterocycles. The molecule has 9 nitrogen and oxygen atoms in total. The van der Waals surface area contributed by atoms with Crippen LogP contribution in [0, 0.1) is 5.92 Å². The van der Waals surface area contributed by atoms with Crippen molar-refractivity contribution in [2.45, 2.75) is 31.8 Å². The third kappa shape index (κ3) is 5.39. The Morgan fingerprint density at radius 1 is 0.946 bits per heavy atom. The normalized spacial score (nSPS) is 19.9. The van der Waals surface area contributed by atoms with Crippen molar-refractivity contribution in [3.05, 3.63) is 35.4 Å². The monoisotopic (exact) mass is 525 g/mol. The molecular formula is C27H32ClN5O4. The van der Waals surface area contributed by atoms with Crippen molar-refractivity contribution in [1.29, 1.82) is 0 Å². The molecule has 6 rings (SSSR count). The first-order chi connectivity index (χ1) is 18.1. The van der Waals surface area contributed by atoms with Gasteiger partial charge in [0.05, 0.1) is 29.4 Å². The molecule has 3 aromatic rings. The number of piperidine rings is 1. The molecule has 196 valence electrons. The number of carbonyl (C=O) groups is 1. The van der Waals surface area contributed by atoms with Crippen LogP contribution < -0.4 is 9.64 Å². The van der Waals surface area contributed by atoms with Gasteiger partial charge in [-0.3, -0.25) is 4.79 Å². The molecule has 0 bridgehead atoms. The highest BCUT2D eigenvalue weighted by atomic mass is 35.5. The van der Waals surface area contributed by atoms with Gasteiger partial charge in [-0.05, 0) is 31.0 Å². The second kappa shape index (κ2) is 10.8. The number of ether oxygens (including phenoxy) is 3. The standard InChI is InChI=1S/C27H32ClN5O4/c28-22-17-23-25(30-24(22)18-1-3-20(4-2-18)32-11-15-36-16-12-32)31-27(29-23)37-21-5-9-33(10-6-21)26(34)19-7-13-35-14-8-19/h1-4,17,19,21H,5-16H2,(H,29,30,31). The van der Waals surface area contributed by atoms with E-state index in [1.165, 1.54) is 5.69 Å². The Labute approximate surface area is 221 Å². The first-order valence-corrected chi connectivity index (χ1v) is 13.5. The first-order valence-electron chi connectivity index (χ1n) is 13.2. The third-order valence-corrected chi connectivity index (χ3v) is 7.81. The Balaban J connectivity index is 1.10. The fourth-order valence-electron chi connectivity index (χ4n) is 5.36. The van der Waals surface area contributed by atoms with Crippen LogP contribution in [0.4, 0.5) is 5.69 Å². The number of nitrogens with zero attached hydrogens (tertiary/aromatic N) is 4. The number of pyridine rings is 1. The Morgan fingerprint density at radius 2 is 1.65 bits per heavy atom. The molecule has 3 saturated heterocycles. The number of hydrogen-bond acceptors (Lipinski definition) is 7. The summed E-state index contributed by atoms with van der Waals surface area (Å²) in [7, 11) is 0. The molecule has 0 unspecified atom stereocenters. The Hall–Kier alpha value is -2.88. The van der Waals surface area contributed by atoms with Gasteiger partial charge in [-0.2, -0.15) is 4.98 Å². The highest BCUT2D eigenvalue weighted by Crippen LogP contribution is 2.31. The molecule has 1 amide bonds. The predicted octanol–water partition coefficient (Wildman–Crippen LogP) is 3.91. The number of H-pyrrole nitrogens is 1. The number of aromatic nitrogens is 3. The van der Waals surface area contributed by atoms with Gasteiger partial charge >= 0.3 is 0 Å². The smallest absolute Gasteiger partial charge is 0.296 e. The minimum absolute atomic E-state index is 0.00183. The second-order valence-electron chi connectivity index (χ2n) is 9.91. The number of halogens is 1. The number of anilines is 1. The van der Waals surface area contributed by atoms with E-state index < -0.39 is 0 Å². The summed E-state index contributed by atoms with van der Waals surface area (Å²) < 4.78 is 17.0. The van der Waals surface area contributed by atoms with E-state index in [1.54, 1.807) is 0 Å². The van der Waals surface area contributed by atoms with Gasteiger partial charge < -0.3 is 29.0 Å². The van der Waals surface area contributed by atoms with Gasteiger partial charge in [0.15, 0.2) is 5.65 Å². The molecule has 10 heteroatoms. The molecule has 0 radical (unpaired) electrons. The van der Waals surface area contributed by atoms with Gasteiger partial charge in [0.2, 0.25) is 5.91 Å². The van der Waals surface area contributed by atoms with Gasteiger partial charge in [-0.1, -0.05) is 23.7 Å². The maximum Gasteiger partial charge on any atom is 0.296 e. The molecule has 0 aliphatic carbocycles. The predicted molar refractivity (Wildman–Crippen MR) is 141 cm³/mol. The Morgan fingerprint density at radius 3 is 2.38 bits per heavy atom. The summed E-state index contributed by atoms with van der Waals surface area (Å²) in [6.07, 6.45) is 3.21. The molecule has 3 aliphatic heterocycles. The third-order valence-electron chi connectivity index (χ3n) is 7.52. The van der Waals surface area contributed by atoms with Crippen LogP contribution in [0.15, 0.2) is 30.3 Å². The number of benzene rings is 1. The number of likely N-dealkylation sites (tertiary alicyclic amines) is 1. The van der Waals surface area contributed by atoms with Gasteiger partial charge in [0, 0.05) is 69.4 Å². The molecule has 1 N–H and O–H groups in total. The molecule has 3 fully saturated rings. The maximum atomic E-state index is 12.8.